The monoisotopic (exact) mass is 333 g/mol. The smallest absolute Gasteiger partial charge is 0.272 e. The summed E-state index contributed by atoms with van der Waals surface area (Å²) in [7, 11) is 0. The fraction of sp³-hybridized carbons (Fsp3) is 0.263. The molecule has 1 saturated heterocycles. The van der Waals surface area contributed by atoms with Gasteiger partial charge in [-0.25, -0.2) is 0 Å². The first-order chi connectivity index (χ1) is 12.3. The number of hydrogen-bond acceptors (Lipinski definition) is 4. The number of rotatable bonds is 3. The van der Waals surface area contributed by atoms with Gasteiger partial charge in [-0.2, -0.15) is 0 Å². The number of pyridine rings is 1. The van der Waals surface area contributed by atoms with Crippen molar-refractivity contribution in [2.45, 2.75) is 18.8 Å². The molecule has 2 aromatic heterocycles. The molecule has 1 aliphatic rings. The fourth-order valence-electron chi connectivity index (χ4n) is 3.33. The van der Waals surface area contributed by atoms with Gasteiger partial charge in [-0.05, 0) is 37.1 Å². The van der Waals surface area contributed by atoms with E-state index in [1.807, 2.05) is 51.9 Å². The normalized spacial score (nSPS) is 17.4. The molecule has 1 aromatic carbocycles. The minimum absolute atomic E-state index is 0.0175. The van der Waals surface area contributed by atoms with Gasteiger partial charge in [0.2, 0.25) is 0 Å². The van der Waals surface area contributed by atoms with Gasteiger partial charge in [0.1, 0.15) is 17.8 Å². The molecule has 4 rings (SSSR count). The van der Waals surface area contributed by atoms with E-state index in [1.165, 1.54) is 0 Å². The van der Waals surface area contributed by atoms with Crippen molar-refractivity contribution < 1.29 is 4.79 Å². The number of carbonyl (C=O) groups excluding carboxylic acids is 1. The third kappa shape index (κ3) is 3.15. The second-order valence-corrected chi connectivity index (χ2v) is 6.20. The van der Waals surface area contributed by atoms with E-state index in [4.69, 9.17) is 0 Å². The van der Waals surface area contributed by atoms with Crippen molar-refractivity contribution in [3.8, 4) is 5.69 Å². The van der Waals surface area contributed by atoms with Crippen molar-refractivity contribution >= 4 is 5.91 Å². The third-order valence-corrected chi connectivity index (χ3v) is 4.57. The van der Waals surface area contributed by atoms with Crippen molar-refractivity contribution in [1.29, 1.82) is 0 Å². The molecule has 0 bridgehead atoms. The summed E-state index contributed by atoms with van der Waals surface area (Å²) in [6, 6.07) is 15.5. The van der Waals surface area contributed by atoms with Crippen LogP contribution < -0.4 is 0 Å². The number of para-hydroxylation sites is 1. The maximum atomic E-state index is 12.7. The van der Waals surface area contributed by atoms with E-state index >= 15 is 0 Å². The van der Waals surface area contributed by atoms with E-state index in [2.05, 4.69) is 15.2 Å². The zero-order valence-electron chi connectivity index (χ0n) is 13.8. The number of amides is 1. The van der Waals surface area contributed by atoms with E-state index in [9.17, 15) is 4.79 Å². The lowest BCUT2D eigenvalue weighted by Gasteiger charge is -2.32. The molecule has 3 heterocycles. The van der Waals surface area contributed by atoms with Crippen LogP contribution in [0.2, 0.25) is 0 Å². The molecule has 126 valence electrons. The van der Waals surface area contributed by atoms with Gasteiger partial charge in [-0.1, -0.05) is 24.3 Å². The van der Waals surface area contributed by atoms with Gasteiger partial charge in [0.15, 0.2) is 0 Å². The average Bonchev–Trinajstić information content (AvgIpc) is 3.19. The van der Waals surface area contributed by atoms with E-state index in [1.54, 1.807) is 18.6 Å². The summed E-state index contributed by atoms with van der Waals surface area (Å²) >= 11 is 0. The van der Waals surface area contributed by atoms with Gasteiger partial charge in [-0.3, -0.25) is 14.3 Å². The Balaban J connectivity index is 1.57. The molecule has 0 spiro atoms. The van der Waals surface area contributed by atoms with Crippen LogP contribution in [0.1, 0.15) is 35.1 Å². The third-order valence-electron chi connectivity index (χ3n) is 4.57. The molecule has 0 N–H and O–H groups in total. The number of hydrogen-bond donors (Lipinski definition) is 0. The van der Waals surface area contributed by atoms with Crippen LogP contribution in [0.15, 0.2) is 61.1 Å². The van der Waals surface area contributed by atoms with Crippen LogP contribution in [-0.4, -0.2) is 43.6 Å². The Morgan fingerprint density at radius 2 is 1.92 bits per heavy atom. The number of aromatic nitrogens is 4. The summed E-state index contributed by atoms with van der Waals surface area (Å²) in [5.41, 5.74) is 1.53. The first kappa shape index (κ1) is 15.5. The SMILES string of the molecule is O=C(c1ccccn1)N1CCC[C@H](c2nncn2-c2ccccc2)C1. The van der Waals surface area contributed by atoms with Crippen molar-refractivity contribution in [1.82, 2.24) is 24.6 Å². The molecule has 0 radical (unpaired) electrons. The summed E-state index contributed by atoms with van der Waals surface area (Å²) in [5.74, 6) is 1.06. The molecule has 1 atom stereocenters. The van der Waals surface area contributed by atoms with Crippen LogP contribution in [0, 0.1) is 0 Å². The molecule has 3 aromatic rings. The molecule has 6 heteroatoms. The predicted octanol–water partition coefficient (Wildman–Crippen LogP) is 2.68. The standard InChI is InChI=1S/C19H19N5O/c25-19(17-10-4-5-11-20-17)23-12-6-7-15(13-23)18-22-21-14-24(18)16-8-2-1-3-9-16/h1-5,8-11,14-15H,6-7,12-13H2/t15-/m0/s1. The second-order valence-electron chi connectivity index (χ2n) is 6.20. The zero-order chi connectivity index (χ0) is 17.1. The maximum Gasteiger partial charge on any atom is 0.272 e. The Morgan fingerprint density at radius 3 is 2.72 bits per heavy atom. The highest BCUT2D eigenvalue weighted by molar-refractivity contribution is 5.92. The lowest BCUT2D eigenvalue weighted by molar-refractivity contribution is 0.0698. The Kier molecular flexibility index (Phi) is 4.24. The van der Waals surface area contributed by atoms with E-state index in [0.29, 0.717) is 12.2 Å². The van der Waals surface area contributed by atoms with Gasteiger partial charge in [0.25, 0.3) is 5.91 Å². The number of carbonyl (C=O) groups is 1. The van der Waals surface area contributed by atoms with Crippen LogP contribution >= 0.6 is 0 Å². The Morgan fingerprint density at radius 1 is 1.08 bits per heavy atom. The Bertz CT molecular complexity index is 847. The second kappa shape index (κ2) is 6.84. The topological polar surface area (TPSA) is 63.9 Å². The number of benzene rings is 1. The van der Waals surface area contributed by atoms with E-state index < -0.39 is 0 Å². The molecular weight excluding hydrogens is 314 g/mol. The van der Waals surface area contributed by atoms with Crippen molar-refractivity contribution in [3.05, 3.63) is 72.6 Å². The number of likely N-dealkylation sites (tertiary alicyclic amines) is 1. The van der Waals surface area contributed by atoms with Crippen LogP contribution in [0.25, 0.3) is 5.69 Å². The molecule has 0 unspecified atom stereocenters. The number of piperidine rings is 1. The Hall–Kier alpha value is -3.02. The summed E-state index contributed by atoms with van der Waals surface area (Å²) in [6.45, 7) is 1.40. The fourth-order valence-corrected chi connectivity index (χ4v) is 3.33. The highest BCUT2D eigenvalue weighted by Crippen LogP contribution is 2.27. The minimum atomic E-state index is -0.0175. The van der Waals surface area contributed by atoms with Crippen LogP contribution in [0.3, 0.4) is 0 Å². The van der Waals surface area contributed by atoms with Crippen molar-refractivity contribution in [2.24, 2.45) is 0 Å². The molecule has 1 aliphatic heterocycles. The van der Waals surface area contributed by atoms with Crippen LogP contribution in [-0.2, 0) is 0 Å². The highest BCUT2D eigenvalue weighted by atomic mass is 16.2. The van der Waals surface area contributed by atoms with Gasteiger partial charge in [-0.15, -0.1) is 10.2 Å². The summed E-state index contributed by atoms with van der Waals surface area (Å²) in [4.78, 5) is 18.7. The number of nitrogens with zero attached hydrogens (tertiary/aromatic N) is 5. The summed E-state index contributed by atoms with van der Waals surface area (Å²) in [6.07, 6.45) is 5.34. The van der Waals surface area contributed by atoms with E-state index in [0.717, 1.165) is 30.9 Å². The highest BCUT2D eigenvalue weighted by Gasteiger charge is 2.29. The van der Waals surface area contributed by atoms with Gasteiger partial charge >= 0.3 is 0 Å². The first-order valence-corrected chi connectivity index (χ1v) is 8.48. The van der Waals surface area contributed by atoms with Crippen LogP contribution in [0.4, 0.5) is 0 Å². The summed E-state index contributed by atoms with van der Waals surface area (Å²) in [5, 5.41) is 8.44. The minimum Gasteiger partial charge on any atom is -0.337 e. The molecular formula is C19H19N5O. The van der Waals surface area contributed by atoms with Gasteiger partial charge in [0.05, 0.1) is 0 Å². The van der Waals surface area contributed by atoms with Gasteiger partial charge in [0, 0.05) is 30.9 Å². The molecule has 6 nitrogen and oxygen atoms in total. The molecule has 1 amide bonds. The molecule has 0 aliphatic carbocycles. The lowest BCUT2D eigenvalue weighted by atomic mass is 9.96. The molecule has 1 fully saturated rings. The Labute approximate surface area is 146 Å². The zero-order valence-corrected chi connectivity index (χ0v) is 13.8. The van der Waals surface area contributed by atoms with Crippen LogP contribution in [0.5, 0.6) is 0 Å². The lowest BCUT2D eigenvalue weighted by Crippen LogP contribution is -2.40. The maximum absolute atomic E-state index is 12.7. The molecule has 25 heavy (non-hydrogen) atoms. The predicted molar refractivity (Wildman–Crippen MR) is 93.5 cm³/mol. The van der Waals surface area contributed by atoms with Gasteiger partial charge < -0.3 is 4.90 Å². The van der Waals surface area contributed by atoms with E-state index in [-0.39, 0.29) is 11.8 Å². The largest absolute Gasteiger partial charge is 0.337 e. The quantitative estimate of drug-likeness (QED) is 0.739. The average molecular weight is 333 g/mol. The first-order valence-electron chi connectivity index (χ1n) is 8.48. The molecule has 0 saturated carbocycles. The van der Waals surface area contributed by atoms with Crippen molar-refractivity contribution in [2.75, 3.05) is 13.1 Å². The summed E-state index contributed by atoms with van der Waals surface area (Å²) < 4.78 is 2.01. The van der Waals surface area contributed by atoms with Crippen molar-refractivity contribution in [3.63, 3.8) is 0 Å².